The summed E-state index contributed by atoms with van der Waals surface area (Å²) in [7, 11) is 1.20. The number of nitrogens with zero attached hydrogens (tertiary/aromatic N) is 1. The number of fused-ring (bicyclic) bond motifs is 3. The fourth-order valence-corrected chi connectivity index (χ4v) is 7.58. The van der Waals surface area contributed by atoms with Gasteiger partial charge in [0.2, 0.25) is 5.91 Å². The lowest BCUT2D eigenvalue weighted by atomic mass is 9.68. The average Bonchev–Trinajstić information content (AvgIpc) is 3.19. The van der Waals surface area contributed by atoms with Crippen molar-refractivity contribution in [2.24, 2.45) is 11.8 Å². The Morgan fingerprint density at radius 1 is 1.30 bits per heavy atom. The highest BCUT2D eigenvalue weighted by Gasteiger charge is 2.46. The van der Waals surface area contributed by atoms with E-state index in [-0.39, 0.29) is 22.8 Å². The first-order valence-electron chi connectivity index (χ1n) is 16.2. The maximum absolute atomic E-state index is 13.1. The highest BCUT2D eigenvalue weighted by Crippen LogP contribution is 2.47. The van der Waals surface area contributed by atoms with Crippen LogP contribution >= 0.6 is 11.6 Å². The van der Waals surface area contributed by atoms with E-state index in [0.29, 0.717) is 49.9 Å². The van der Waals surface area contributed by atoms with Gasteiger partial charge in [0.25, 0.3) is 0 Å². The van der Waals surface area contributed by atoms with Gasteiger partial charge in [0.15, 0.2) is 5.60 Å². The summed E-state index contributed by atoms with van der Waals surface area (Å²) in [6.07, 6.45) is 8.45. The molecule has 1 amide bonds. The van der Waals surface area contributed by atoms with Gasteiger partial charge in [-0.25, -0.2) is 4.79 Å². The Morgan fingerprint density at radius 3 is 2.85 bits per heavy atom. The van der Waals surface area contributed by atoms with E-state index >= 15 is 0 Å². The van der Waals surface area contributed by atoms with Crippen molar-refractivity contribution >= 4 is 29.2 Å². The number of hydrogen-bond donors (Lipinski definition) is 3. The summed E-state index contributed by atoms with van der Waals surface area (Å²) in [5, 5.41) is 26.0. The van der Waals surface area contributed by atoms with E-state index in [4.69, 9.17) is 21.1 Å². The number of carbonyl (C=O) groups excluding carboxylic acids is 2. The number of aliphatic hydroxyl groups excluding tert-OH is 1. The van der Waals surface area contributed by atoms with Gasteiger partial charge in [0.1, 0.15) is 5.75 Å². The normalized spacial score (nSPS) is 23.6. The van der Waals surface area contributed by atoms with Gasteiger partial charge in [0.05, 0.1) is 31.9 Å². The molecule has 1 spiro atoms. The number of ether oxygens (including phenoxy) is 2. The average molecular weight is 649 g/mol. The Balaban J connectivity index is 1.50. The number of unbranched alkanes of at least 4 members (excludes halogenated alkanes) is 1. The van der Waals surface area contributed by atoms with Gasteiger partial charge in [-0.3, -0.25) is 4.79 Å². The molecule has 2 aromatic rings. The molecule has 9 heteroatoms. The van der Waals surface area contributed by atoms with E-state index in [2.05, 4.69) is 41.2 Å². The summed E-state index contributed by atoms with van der Waals surface area (Å²) in [5.74, 6) is -0.436. The predicted octanol–water partition coefficient (Wildman–Crippen LogP) is 5.37. The van der Waals surface area contributed by atoms with Crippen LogP contribution in [-0.4, -0.2) is 61.5 Å². The van der Waals surface area contributed by atoms with Crippen molar-refractivity contribution in [1.29, 1.82) is 0 Å². The number of halogens is 1. The molecule has 3 aliphatic rings. The number of benzene rings is 2. The standard InChI is InChI=1S/C37H45ClN2O6/c1-4-6-7-8-18-39-34(42)21-37(44,35(43)45-3)27-12-16-33-31(20-27)40(22-26-11-14-29(26)32(41)5-2)23-36(24-46-33)17-9-10-25-19-28(38)13-15-30(25)36/h5-6,12-13,15-16,19-20,26,29,32,41,44H,1-2,7-11,14,17-18,21-24H2,3H3,(H,39,42)/t26-,29+,32-,36-,37-/m0/s1. The second-order valence-corrected chi connectivity index (χ2v) is 13.4. The number of aliphatic hydroxyl groups is 2. The number of methoxy groups -OCH3 is 1. The van der Waals surface area contributed by atoms with E-state index in [0.717, 1.165) is 37.8 Å². The van der Waals surface area contributed by atoms with Crippen molar-refractivity contribution in [3.05, 3.63) is 89.2 Å². The van der Waals surface area contributed by atoms with Crippen molar-refractivity contribution in [2.45, 2.75) is 68.5 Å². The van der Waals surface area contributed by atoms with Crippen molar-refractivity contribution in [1.82, 2.24) is 5.32 Å². The Kier molecular flexibility index (Phi) is 10.6. The summed E-state index contributed by atoms with van der Waals surface area (Å²) < 4.78 is 11.6. The number of hydrogen-bond acceptors (Lipinski definition) is 7. The van der Waals surface area contributed by atoms with Crippen LogP contribution in [0.4, 0.5) is 5.69 Å². The maximum atomic E-state index is 13.1. The molecule has 2 aliphatic carbocycles. The van der Waals surface area contributed by atoms with Crippen LogP contribution in [0.25, 0.3) is 0 Å². The molecule has 1 fully saturated rings. The van der Waals surface area contributed by atoms with Crippen LogP contribution < -0.4 is 15.0 Å². The van der Waals surface area contributed by atoms with Gasteiger partial charge in [0, 0.05) is 30.1 Å². The van der Waals surface area contributed by atoms with E-state index in [1.54, 1.807) is 30.4 Å². The third-order valence-corrected chi connectivity index (χ3v) is 10.3. The van der Waals surface area contributed by atoms with Crippen LogP contribution in [0.1, 0.15) is 61.6 Å². The summed E-state index contributed by atoms with van der Waals surface area (Å²) in [6.45, 7) is 9.48. The van der Waals surface area contributed by atoms with Crippen LogP contribution in [0.5, 0.6) is 5.75 Å². The first kappa shape index (κ1) is 33.8. The molecule has 8 nitrogen and oxygen atoms in total. The number of aryl methyl sites for hydroxylation is 1. The monoisotopic (exact) mass is 648 g/mol. The number of amides is 1. The fraction of sp³-hybridized carbons (Fsp3) is 0.486. The van der Waals surface area contributed by atoms with Crippen molar-refractivity contribution in [3.63, 3.8) is 0 Å². The Morgan fingerprint density at radius 2 is 2.13 bits per heavy atom. The highest BCUT2D eigenvalue weighted by molar-refractivity contribution is 6.30. The first-order valence-corrected chi connectivity index (χ1v) is 16.6. The number of esters is 1. The zero-order valence-corrected chi connectivity index (χ0v) is 27.4. The van der Waals surface area contributed by atoms with Crippen LogP contribution in [0.15, 0.2) is 67.4 Å². The zero-order valence-electron chi connectivity index (χ0n) is 26.6. The molecule has 0 aromatic heterocycles. The van der Waals surface area contributed by atoms with E-state index in [1.807, 2.05) is 6.07 Å². The molecule has 2 aromatic carbocycles. The smallest absolute Gasteiger partial charge is 0.343 e. The molecule has 0 bridgehead atoms. The molecule has 1 heterocycles. The Labute approximate surface area is 276 Å². The molecule has 5 atom stereocenters. The summed E-state index contributed by atoms with van der Waals surface area (Å²) in [5.41, 5.74) is 3.61. The van der Waals surface area contributed by atoms with Gasteiger partial charge < -0.3 is 29.9 Å². The molecule has 3 N–H and O–H groups in total. The molecule has 1 aliphatic heterocycles. The second kappa shape index (κ2) is 14.5. The third-order valence-electron chi connectivity index (χ3n) is 10.1. The molecule has 46 heavy (non-hydrogen) atoms. The van der Waals surface area contributed by atoms with Crippen LogP contribution in [0, 0.1) is 11.8 Å². The summed E-state index contributed by atoms with van der Waals surface area (Å²) >= 11 is 6.40. The number of carbonyl (C=O) groups is 2. The number of rotatable bonds is 12. The molecule has 0 radical (unpaired) electrons. The minimum atomic E-state index is -2.21. The van der Waals surface area contributed by atoms with E-state index in [9.17, 15) is 19.8 Å². The van der Waals surface area contributed by atoms with Crippen molar-refractivity contribution in [3.8, 4) is 5.75 Å². The minimum Gasteiger partial charge on any atom is -0.490 e. The van der Waals surface area contributed by atoms with E-state index < -0.39 is 30.0 Å². The Bertz CT molecular complexity index is 1500. The minimum absolute atomic E-state index is 0.0966. The number of anilines is 1. The van der Waals surface area contributed by atoms with Crippen molar-refractivity contribution in [2.75, 3.05) is 38.3 Å². The molecular weight excluding hydrogens is 604 g/mol. The quantitative estimate of drug-likeness (QED) is 0.123. The van der Waals surface area contributed by atoms with Crippen LogP contribution in [0.2, 0.25) is 5.02 Å². The van der Waals surface area contributed by atoms with Gasteiger partial charge >= 0.3 is 5.97 Å². The highest BCUT2D eigenvalue weighted by atomic mass is 35.5. The number of nitrogens with one attached hydrogen (secondary N) is 1. The molecule has 0 saturated heterocycles. The lowest BCUT2D eigenvalue weighted by molar-refractivity contribution is -0.166. The van der Waals surface area contributed by atoms with Gasteiger partial charge in [-0.05, 0) is 104 Å². The third kappa shape index (κ3) is 6.91. The lowest BCUT2D eigenvalue weighted by Crippen LogP contribution is -2.49. The maximum Gasteiger partial charge on any atom is 0.343 e. The SMILES string of the molecule is C=C=CCCCNC(=O)C[C@@](O)(C(=O)OC)c1ccc2c(c1)N(C[C@@H]1CC[C@H]1[C@@H](O)C=C)C[C@@]1(CCCc3cc(Cl)ccc31)CO2. The molecule has 246 valence electrons. The fourth-order valence-electron chi connectivity index (χ4n) is 7.39. The van der Waals surface area contributed by atoms with Crippen LogP contribution in [0.3, 0.4) is 0 Å². The molecule has 1 saturated carbocycles. The van der Waals surface area contributed by atoms with Gasteiger partial charge in [-0.2, -0.15) is 0 Å². The largest absolute Gasteiger partial charge is 0.490 e. The predicted molar refractivity (Wildman–Crippen MR) is 179 cm³/mol. The lowest BCUT2D eigenvalue weighted by Gasteiger charge is -2.45. The Hall–Kier alpha value is -3.55. The van der Waals surface area contributed by atoms with E-state index in [1.165, 1.54) is 18.2 Å². The first-order chi connectivity index (χ1) is 22.1. The topological polar surface area (TPSA) is 108 Å². The summed E-state index contributed by atoms with van der Waals surface area (Å²) in [6, 6.07) is 11.3. The van der Waals surface area contributed by atoms with Crippen molar-refractivity contribution < 1.29 is 29.3 Å². The second-order valence-electron chi connectivity index (χ2n) is 12.9. The van der Waals surface area contributed by atoms with Crippen LogP contribution in [-0.2, 0) is 31.8 Å². The zero-order chi connectivity index (χ0) is 32.9. The molecule has 0 unspecified atom stereocenters. The number of allylic oxidation sites excluding steroid dienone is 1. The van der Waals surface area contributed by atoms with Gasteiger partial charge in [-0.15, -0.1) is 12.3 Å². The molecule has 5 rings (SSSR count). The van der Waals surface area contributed by atoms with Gasteiger partial charge in [-0.1, -0.05) is 36.4 Å². The molecular formula is C37H45ClN2O6. The summed E-state index contributed by atoms with van der Waals surface area (Å²) in [4.78, 5) is 28.4.